The van der Waals surface area contributed by atoms with Crippen LogP contribution in [-0.4, -0.2) is 34.3 Å². The quantitative estimate of drug-likeness (QED) is 0.854. The molecule has 1 rings (SSSR count). The molecule has 1 aliphatic heterocycles. The minimum atomic E-state index is -0.436. The van der Waals surface area contributed by atoms with E-state index >= 15 is 0 Å². The maximum Gasteiger partial charge on any atom is 0.246 e. The molecule has 0 aromatic heterocycles. The molecule has 0 aromatic rings. The van der Waals surface area contributed by atoms with Crippen molar-refractivity contribution >= 4 is 11.8 Å². The van der Waals surface area contributed by atoms with E-state index in [0.717, 1.165) is 12.8 Å². The molecular weight excluding hydrogens is 240 g/mol. The normalized spacial score (nSPS) is 25.5. The number of hydrogen-bond donors (Lipinski definition) is 1. The van der Waals surface area contributed by atoms with Crippen LogP contribution in [0.3, 0.4) is 0 Å². The molecule has 0 saturated carbocycles. The molecule has 1 N–H and O–H groups in total. The second kappa shape index (κ2) is 5.14. The van der Waals surface area contributed by atoms with Crippen LogP contribution in [0.25, 0.3) is 0 Å². The van der Waals surface area contributed by atoms with Crippen LogP contribution in [0.2, 0.25) is 0 Å². The highest BCUT2D eigenvalue weighted by Crippen LogP contribution is 2.32. The predicted octanol–water partition coefficient (Wildman–Crippen LogP) is 2.33. The van der Waals surface area contributed by atoms with Gasteiger partial charge in [-0.1, -0.05) is 34.6 Å². The molecule has 1 aliphatic rings. The maximum absolute atomic E-state index is 12.8. The first-order chi connectivity index (χ1) is 8.58. The second-order valence-corrected chi connectivity index (χ2v) is 6.90. The molecule has 1 heterocycles. The van der Waals surface area contributed by atoms with Gasteiger partial charge in [0.2, 0.25) is 11.8 Å². The van der Waals surface area contributed by atoms with Gasteiger partial charge in [-0.05, 0) is 32.1 Å². The van der Waals surface area contributed by atoms with Gasteiger partial charge in [-0.25, -0.2) is 0 Å². The van der Waals surface area contributed by atoms with Gasteiger partial charge in [-0.2, -0.15) is 0 Å². The third-order valence-corrected chi connectivity index (χ3v) is 4.51. The lowest BCUT2D eigenvalue weighted by molar-refractivity contribution is -0.159. The Bertz CT molecular complexity index is 367. The molecule has 0 aromatic carbocycles. The van der Waals surface area contributed by atoms with Crippen molar-refractivity contribution in [2.75, 3.05) is 0 Å². The number of nitrogens with zero attached hydrogens (tertiary/aromatic N) is 1. The summed E-state index contributed by atoms with van der Waals surface area (Å²) in [5.41, 5.74) is -0.523. The highest BCUT2D eigenvalue weighted by molar-refractivity contribution is 5.97. The number of hydrogen-bond acceptors (Lipinski definition) is 2. The molecular formula is C15H28N2O2. The van der Waals surface area contributed by atoms with Gasteiger partial charge in [0.15, 0.2) is 0 Å². The van der Waals surface area contributed by atoms with Crippen LogP contribution < -0.4 is 5.32 Å². The molecule has 1 saturated heterocycles. The van der Waals surface area contributed by atoms with Crippen molar-refractivity contribution in [2.24, 2.45) is 5.41 Å². The summed E-state index contributed by atoms with van der Waals surface area (Å²) in [5.74, 6) is -0.00144. The first-order valence-electron chi connectivity index (χ1n) is 7.22. The number of rotatable bonds is 3. The summed E-state index contributed by atoms with van der Waals surface area (Å²) in [4.78, 5) is 26.8. The van der Waals surface area contributed by atoms with Crippen molar-refractivity contribution in [3.05, 3.63) is 0 Å². The van der Waals surface area contributed by atoms with E-state index in [-0.39, 0.29) is 22.8 Å². The molecule has 19 heavy (non-hydrogen) atoms. The third-order valence-electron chi connectivity index (χ3n) is 4.51. The van der Waals surface area contributed by atoms with Gasteiger partial charge < -0.3 is 10.2 Å². The number of carbonyl (C=O) groups is 2. The number of amides is 2. The van der Waals surface area contributed by atoms with E-state index in [2.05, 4.69) is 26.1 Å². The van der Waals surface area contributed by atoms with Crippen LogP contribution >= 0.6 is 0 Å². The average molecular weight is 268 g/mol. The van der Waals surface area contributed by atoms with E-state index in [1.54, 1.807) is 0 Å². The van der Waals surface area contributed by atoms with E-state index in [1.165, 1.54) is 0 Å². The fourth-order valence-corrected chi connectivity index (χ4v) is 2.68. The minimum absolute atomic E-state index is 0.0470. The third kappa shape index (κ3) is 2.77. The van der Waals surface area contributed by atoms with Crippen molar-refractivity contribution in [3.63, 3.8) is 0 Å². The lowest BCUT2D eigenvalue weighted by Gasteiger charge is -2.50. The van der Waals surface area contributed by atoms with E-state index in [0.29, 0.717) is 0 Å². The van der Waals surface area contributed by atoms with Gasteiger partial charge in [0.1, 0.15) is 12.1 Å². The average Bonchev–Trinajstić information content (AvgIpc) is 2.32. The molecule has 0 radical (unpaired) electrons. The Morgan fingerprint density at radius 3 is 1.95 bits per heavy atom. The van der Waals surface area contributed by atoms with E-state index in [4.69, 9.17) is 0 Å². The topological polar surface area (TPSA) is 49.4 Å². The standard InChI is InChI=1S/C15H28N2O2/c1-8-15(7,9-2)17-10(3)12(18)16-11(13(17)19)14(4,5)6/h10-11H,8-9H2,1-7H3,(H,16,18). The van der Waals surface area contributed by atoms with Crippen molar-refractivity contribution in [2.45, 2.75) is 78.9 Å². The van der Waals surface area contributed by atoms with Crippen molar-refractivity contribution < 1.29 is 9.59 Å². The van der Waals surface area contributed by atoms with Gasteiger partial charge in [0.05, 0.1) is 0 Å². The Labute approximate surface area is 116 Å². The van der Waals surface area contributed by atoms with Crippen LogP contribution in [0.4, 0.5) is 0 Å². The summed E-state index contributed by atoms with van der Waals surface area (Å²) in [6.07, 6.45) is 1.70. The molecule has 2 unspecified atom stereocenters. The van der Waals surface area contributed by atoms with Crippen LogP contribution in [0, 0.1) is 5.41 Å². The Morgan fingerprint density at radius 1 is 1.11 bits per heavy atom. The molecule has 0 bridgehead atoms. The fourth-order valence-electron chi connectivity index (χ4n) is 2.68. The smallest absolute Gasteiger partial charge is 0.246 e. The van der Waals surface area contributed by atoms with Gasteiger partial charge in [0, 0.05) is 5.54 Å². The van der Waals surface area contributed by atoms with Crippen molar-refractivity contribution in [3.8, 4) is 0 Å². The van der Waals surface area contributed by atoms with E-state index < -0.39 is 12.1 Å². The first-order valence-corrected chi connectivity index (χ1v) is 7.22. The van der Waals surface area contributed by atoms with Crippen LogP contribution in [-0.2, 0) is 9.59 Å². The molecule has 1 fully saturated rings. The van der Waals surface area contributed by atoms with Crippen LogP contribution in [0.15, 0.2) is 0 Å². The summed E-state index contributed by atoms with van der Waals surface area (Å²) < 4.78 is 0. The fraction of sp³-hybridized carbons (Fsp3) is 0.867. The second-order valence-electron chi connectivity index (χ2n) is 6.90. The molecule has 0 spiro atoms. The van der Waals surface area contributed by atoms with Crippen LogP contribution in [0.1, 0.15) is 61.3 Å². The van der Waals surface area contributed by atoms with E-state index in [1.807, 2.05) is 32.6 Å². The Kier molecular flexibility index (Phi) is 4.33. The summed E-state index contributed by atoms with van der Waals surface area (Å²) >= 11 is 0. The van der Waals surface area contributed by atoms with Gasteiger partial charge >= 0.3 is 0 Å². The van der Waals surface area contributed by atoms with Crippen molar-refractivity contribution in [1.82, 2.24) is 10.2 Å². The molecule has 110 valence electrons. The Morgan fingerprint density at radius 2 is 1.58 bits per heavy atom. The van der Waals surface area contributed by atoms with Crippen LogP contribution in [0.5, 0.6) is 0 Å². The van der Waals surface area contributed by atoms with Gasteiger partial charge in [-0.3, -0.25) is 9.59 Å². The van der Waals surface area contributed by atoms with Gasteiger partial charge in [0.25, 0.3) is 0 Å². The number of carbonyl (C=O) groups excluding carboxylic acids is 2. The molecule has 0 aliphatic carbocycles. The number of nitrogens with one attached hydrogen (secondary N) is 1. The lowest BCUT2D eigenvalue weighted by atomic mass is 9.81. The maximum atomic E-state index is 12.8. The Balaban J connectivity index is 3.20. The molecule has 4 nitrogen and oxygen atoms in total. The molecule has 2 atom stereocenters. The first kappa shape index (κ1) is 16.0. The predicted molar refractivity (Wildman–Crippen MR) is 76.7 cm³/mol. The molecule has 4 heteroatoms. The monoisotopic (exact) mass is 268 g/mol. The van der Waals surface area contributed by atoms with Gasteiger partial charge in [-0.15, -0.1) is 0 Å². The largest absolute Gasteiger partial charge is 0.342 e. The highest BCUT2D eigenvalue weighted by Gasteiger charge is 2.48. The number of piperazine rings is 1. The molecule has 2 amide bonds. The summed E-state index contributed by atoms with van der Waals surface area (Å²) in [6, 6.07) is -0.829. The van der Waals surface area contributed by atoms with E-state index in [9.17, 15) is 9.59 Å². The SMILES string of the molecule is CCC(C)(CC)N1C(=O)C(C(C)(C)C)NC(=O)C1C. The summed E-state index contributed by atoms with van der Waals surface area (Å²) in [5, 5.41) is 2.88. The summed E-state index contributed by atoms with van der Waals surface area (Å²) in [7, 11) is 0. The minimum Gasteiger partial charge on any atom is -0.342 e. The zero-order chi connectivity index (χ0) is 15.0. The Hall–Kier alpha value is -1.06. The zero-order valence-electron chi connectivity index (χ0n) is 13.3. The van der Waals surface area contributed by atoms with Crippen molar-refractivity contribution in [1.29, 1.82) is 0 Å². The summed E-state index contributed by atoms with van der Waals surface area (Å²) in [6.45, 7) is 14.0. The zero-order valence-corrected chi connectivity index (χ0v) is 13.3. The lowest BCUT2D eigenvalue weighted by Crippen LogP contribution is -2.70. The highest BCUT2D eigenvalue weighted by atomic mass is 16.2.